The molecule has 0 fully saturated rings. The van der Waals surface area contributed by atoms with Gasteiger partial charge in [-0.05, 0) is 13.9 Å². The summed E-state index contributed by atoms with van der Waals surface area (Å²) in [6, 6.07) is 0. The zero-order valence-corrected chi connectivity index (χ0v) is 6.65. The molecule has 0 amide bonds. The highest BCUT2D eigenvalue weighted by Gasteiger charge is 2.03. The maximum atomic E-state index is 10.1. The molecule has 0 bridgehead atoms. The van der Waals surface area contributed by atoms with Crippen LogP contribution in [0, 0.1) is 0 Å². The molecule has 0 rings (SSSR count). The van der Waals surface area contributed by atoms with Crippen LogP contribution in [0.25, 0.3) is 0 Å². The minimum absolute atomic E-state index is 0.171. The molecular weight excluding hydrogens is 161 g/mol. The summed E-state index contributed by atoms with van der Waals surface area (Å²) in [7, 11) is -4.52. The molecule has 1 atom stereocenters. The average molecular weight is 169 g/mol. The molecule has 6 heteroatoms. The maximum Gasteiger partial charge on any atom is 0.0412 e. The number of hydrogen-bond acceptors (Lipinski definition) is 5. The van der Waals surface area contributed by atoms with E-state index < -0.39 is 13.4 Å². The van der Waals surface area contributed by atoms with Crippen molar-refractivity contribution in [2.75, 3.05) is 12.0 Å². The lowest BCUT2D eigenvalue weighted by Gasteiger charge is -2.35. The quantitative estimate of drug-likeness (QED) is 0.522. The Morgan fingerprint density at radius 1 is 1.78 bits per heavy atom. The van der Waals surface area contributed by atoms with Crippen molar-refractivity contribution in [1.82, 2.24) is 0 Å². The fraction of sp³-hybridized carbons (Fsp3) is 1.00. The summed E-state index contributed by atoms with van der Waals surface area (Å²) in [5.41, 5.74) is 4.95. The topological polar surface area (TPSA) is 89.2 Å². The van der Waals surface area contributed by atoms with Crippen LogP contribution in [-0.2, 0) is 4.57 Å². The van der Waals surface area contributed by atoms with Crippen molar-refractivity contribution >= 4 is 19.4 Å². The normalized spacial score (nSPS) is 15.6. The minimum Gasteiger partial charge on any atom is -0.810 e. The SMILES string of the molecule is CSCC(N)P(=O)([O-])[O-]. The molecule has 0 saturated carbocycles. The fourth-order valence-electron chi connectivity index (χ4n) is 0.262. The predicted octanol–water partition coefficient (Wildman–Crippen LogP) is -1.45. The van der Waals surface area contributed by atoms with Gasteiger partial charge < -0.3 is 20.1 Å². The lowest BCUT2D eigenvalue weighted by atomic mass is 10.8. The van der Waals surface area contributed by atoms with Crippen molar-refractivity contribution in [3.8, 4) is 0 Å². The molecule has 0 spiro atoms. The van der Waals surface area contributed by atoms with E-state index in [1.807, 2.05) is 0 Å². The molecule has 0 aromatic heterocycles. The predicted molar refractivity (Wildman–Crippen MR) is 34.0 cm³/mol. The molecule has 0 aromatic carbocycles. The van der Waals surface area contributed by atoms with Crippen LogP contribution in [0.4, 0.5) is 0 Å². The Hall–Kier alpha value is 0.460. The van der Waals surface area contributed by atoms with Gasteiger partial charge in [-0.1, -0.05) is 0 Å². The molecule has 9 heavy (non-hydrogen) atoms. The fourth-order valence-corrected chi connectivity index (χ4v) is 1.78. The van der Waals surface area contributed by atoms with E-state index in [-0.39, 0.29) is 5.75 Å². The van der Waals surface area contributed by atoms with Gasteiger partial charge in [0.25, 0.3) is 0 Å². The van der Waals surface area contributed by atoms with Gasteiger partial charge >= 0.3 is 0 Å². The second kappa shape index (κ2) is 3.58. The van der Waals surface area contributed by atoms with E-state index >= 15 is 0 Å². The lowest BCUT2D eigenvalue weighted by Crippen LogP contribution is -2.34. The average Bonchev–Trinajstić information content (AvgIpc) is 1.64. The minimum atomic E-state index is -4.52. The van der Waals surface area contributed by atoms with E-state index in [1.165, 1.54) is 11.8 Å². The smallest absolute Gasteiger partial charge is 0.0412 e. The van der Waals surface area contributed by atoms with E-state index in [9.17, 15) is 14.4 Å². The van der Waals surface area contributed by atoms with Gasteiger partial charge in [-0.3, -0.25) is 0 Å². The van der Waals surface area contributed by atoms with Crippen molar-refractivity contribution in [2.45, 2.75) is 5.78 Å². The van der Waals surface area contributed by atoms with E-state index in [0.29, 0.717) is 0 Å². The zero-order chi connectivity index (χ0) is 7.49. The zero-order valence-electron chi connectivity index (χ0n) is 4.94. The van der Waals surface area contributed by atoms with Crippen LogP contribution in [0.3, 0.4) is 0 Å². The second-order valence-corrected chi connectivity index (χ2v) is 4.22. The molecule has 1 unspecified atom stereocenters. The summed E-state index contributed by atoms with van der Waals surface area (Å²) in [5, 5.41) is 0. The molecule has 56 valence electrons. The first-order valence-corrected chi connectivity index (χ1v) is 5.25. The van der Waals surface area contributed by atoms with Crippen LogP contribution in [0.2, 0.25) is 0 Å². The highest BCUT2D eigenvalue weighted by Crippen LogP contribution is 2.28. The third-order valence-corrected chi connectivity index (χ3v) is 2.68. The second-order valence-electron chi connectivity index (χ2n) is 1.56. The molecule has 0 aliphatic heterocycles. The van der Waals surface area contributed by atoms with Crippen molar-refractivity contribution in [3.63, 3.8) is 0 Å². The summed E-state index contributed by atoms with van der Waals surface area (Å²) in [6.45, 7) is 0. The number of rotatable bonds is 3. The third kappa shape index (κ3) is 3.95. The molecule has 0 radical (unpaired) electrons. The van der Waals surface area contributed by atoms with E-state index in [2.05, 4.69) is 0 Å². The number of thioether (sulfide) groups is 1. The molecule has 0 aliphatic carbocycles. The first-order chi connectivity index (χ1) is 3.98. The summed E-state index contributed by atoms with van der Waals surface area (Å²) >= 11 is 1.24. The van der Waals surface area contributed by atoms with Crippen molar-refractivity contribution in [2.24, 2.45) is 5.73 Å². The van der Waals surface area contributed by atoms with Gasteiger partial charge in [0, 0.05) is 11.5 Å². The van der Waals surface area contributed by atoms with Crippen LogP contribution in [-0.4, -0.2) is 17.8 Å². The molecular formula is C3H8NO3PS-2. The largest absolute Gasteiger partial charge is 0.810 e. The highest BCUT2D eigenvalue weighted by molar-refractivity contribution is 7.98. The Labute approximate surface area is 58.0 Å². The first-order valence-electron chi connectivity index (χ1n) is 2.24. The highest BCUT2D eigenvalue weighted by atomic mass is 32.2. The van der Waals surface area contributed by atoms with Crippen LogP contribution in [0.5, 0.6) is 0 Å². The monoisotopic (exact) mass is 169 g/mol. The Kier molecular flexibility index (Phi) is 3.77. The molecule has 2 N–H and O–H groups in total. The van der Waals surface area contributed by atoms with Gasteiger partial charge in [0.05, 0.1) is 0 Å². The number of nitrogens with two attached hydrogens (primary N) is 1. The van der Waals surface area contributed by atoms with E-state index in [4.69, 9.17) is 5.73 Å². The lowest BCUT2D eigenvalue weighted by molar-refractivity contribution is -0.316. The van der Waals surface area contributed by atoms with Gasteiger partial charge in [0.1, 0.15) is 0 Å². The standard InChI is InChI=1S/C3H10NO3PS/c1-9-2-3(4)8(5,6)7/h3H,2,4H2,1H3,(H2,5,6,7)/p-2. The van der Waals surface area contributed by atoms with Gasteiger partial charge in [-0.25, -0.2) is 0 Å². The first kappa shape index (κ1) is 9.46. The van der Waals surface area contributed by atoms with E-state index in [0.717, 1.165) is 0 Å². The molecule has 0 aliphatic rings. The Bertz CT molecular complexity index is 124. The molecule has 0 heterocycles. The summed E-state index contributed by atoms with van der Waals surface area (Å²) in [4.78, 5) is 20.1. The molecule has 0 saturated heterocycles. The van der Waals surface area contributed by atoms with Crippen molar-refractivity contribution in [1.29, 1.82) is 0 Å². The Balaban J connectivity index is 3.74. The van der Waals surface area contributed by atoms with Crippen LogP contribution in [0.1, 0.15) is 0 Å². The maximum absolute atomic E-state index is 10.1. The summed E-state index contributed by atoms with van der Waals surface area (Å²) in [6.07, 6.45) is 1.69. The Morgan fingerprint density at radius 2 is 2.22 bits per heavy atom. The van der Waals surface area contributed by atoms with Crippen molar-refractivity contribution in [3.05, 3.63) is 0 Å². The molecule has 4 nitrogen and oxygen atoms in total. The Morgan fingerprint density at radius 3 is 2.33 bits per heavy atom. The number of hydrogen-bond donors (Lipinski definition) is 1. The van der Waals surface area contributed by atoms with Crippen LogP contribution in [0.15, 0.2) is 0 Å². The van der Waals surface area contributed by atoms with Crippen molar-refractivity contribution < 1.29 is 14.4 Å². The summed E-state index contributed by atoms with van der Waals surface area (Å²) in [5.74, 6) is -1.06. The van der Waals surface area contributed by atoms with Gasteiger partial charge in [0.2, 0.25) is 0 Å². The van der Waals surface area contributed by atoms with E-state index in [1.54, 1.807) is 6.26 Å². The van der Waals surface area contributed by atoms with Gasteiger partial charge in [-0.15, -0.1) is 0 Å². The van der Waals surface area contributed by atoms with Gasteiger partial charge in [0.15, 0.2) is 0 Å². The third-order valence-electron chi connectivity index (χ3n) is 0.744. The summed E-state index contributed by atoms with van der Waals surface area (Å²) < 4.78 is 10.1. The van der Waals surface area contributed by atoms with Crippen LogP contribution < -0.4 is 15.5 Å². The molecule has 0 aromatic rings. The van der Waals surface area contributed by atoms with Gasteiger partial charge in [-0.2, -0.15) is 11.8 Å². The van der Waals surface area contributed by atoms with Crippen LogP contribution >= 0.6 is 19.4 Å².